The number of H-pyrrole nitrogens is 1. The molecular formula is C5H4N2OS. The lowest BCUT2D eigenvalue weighted by molar-refractivity contribution is 1.21. The summed E-state index contributed by atoms with van der Waals surface area (Å²) in [5, 5.41) is 8.33. The summed E-state index contributed by atoms with van der Waals surface area (Å²) in [4.78, 5) is 13.3. The number of hydrogen-bond acceptors (Lipinski definition) is 3. The van der Waals surface area contributed by atoms with E-state index in [1.807, 2.05) is 6.07 Å². The predicted octanol–water partition coefficient (Wildman–Crippen LogP) is 0.617. The minimum Gasteiger partial charge on any atom is -0.315 e. The minimum absolute atomic E-state index is 0.163. The number of aromatic nitrogens is 1. The first kappa shape index (κ1) is 6.05. The van der Waals surface area contributed by atoms with Gasteiger partial charge in [-0.25, -0.2) is 0 Å². The zero-order valence-corrected chi connectivity index (χ0v) is 5.58. The molecule has 0 saturated carbocycles. The van der Waals surface area contributed by atoms with Gasteiger partial charge < -0.3 is 4.98 Å². The molecule has 0 aromatic carbocycles. The normalized spacial score (nSPS) is 8.89. The van der Waals surface area contributed by atoms with Crippen LogP contribution in [-0.2, 0) is 0 Å². The molecule has 1 aromatic rings. The van der Waals surface area contributed by atoms with Gasteiger partial charge in [0.25, 0.3) is 0 Å². The van der Waals surface area contributed by atoms with E-state index in [4.69, 9.17) is 5.26 Å². The van der Waals surface area contributed by atoms with Crippen LogP contribution in [0, 0.1) is 18.3 Å². The second-order valence-corrected chi connectivity index (χ2v) is 2.56. The van der Waals surface area contributed by atoms with Gasteiger partial charge in [0, 0.05) is 5.69 Å². The molecule has 0 bridgehead atoms. The number of rotatable bonds is 0. The van der Waals surface area contributed by atoms with Crippen molar-refractivity contribution in [3.63, 3.8) is 0 Å². The number of nitrogens with zero attached hydrogens (tertiary/aromatic N) is 1. The van der Waals surface area contributed by atoms with E-state index in [-0.39, 0.29) is 4.87 Å². The van der Waals surface area contributed by atoms with Crippen LogP contribution in [0.25, 0.3) is 0 Å². The van der Waals surface area contributed by atoms with Crippen LogP contribution in [-0.4, -0.2) is 4.98 Å². The lowest BCUT2D eigenvalue weighted by Crippen LogP contribution is -1.90. The molecule has 0 saturated heterocycles. The summed E-state index contributed by atoms with van der Waals surface area (Å²) in [6.07, 6.45) is 0. The summed E-state index contributed by atoms with van der Waals surface area (Å²) >= 11 is 0.942. The van der Waals surface area contributed by atoms with Crippen LogP contribution in [0.5, 0.6) is 0 Å². The van der Waals surface area contributed by atoms with Gasteiger partial charge in [0.15, 0.2) is 0 Å². The van der Waals surface area contributed by atoms with E-state index in [2.05, 4.69) is 4.98 Å². The number of aromatic amines is 1. The highest BCUT2D eigenvalue weighted by atomic mass is 32.1. The molecule has 4 heteroatoms. The number of thiazole rings is 1. The molecule has 46 valence electrons. The Balaban J connectivity index is 3.37. The number of aryl methyl sites for hydroxylation is 1. The van der Waals surface area contributed by atoms with Gasteiger partial charge in [-0.15, -0.1) is 0 Å². The summed E-state index contributed by atoms with van der Waals surface area (Å²) in [5.41, 5.74) is 0.660. The lowest BCUT2D eigenvalue weighted by Gasteiger charge is -1.76. The Kier molecular flexibility index (Phi) is 1.37. The molecule has 3 nitrogen and oxygen atoms in total. The Labute approximate surface area is 55.6 Å². The highest BCUT2D eigenvalue weighted by molar-refractivity contribution is 7.09. The summed E-state index contributed by atoms with van der Waals surface area (Å²) in [5.74, 6) is 0. The third-order valence-corrected chi connectivity index (χ3v) is 1.82. The molecule has 0 radical (unpaired) electrons. The molecule has 1 rings (SSSR count). The average Bonchev–Trinajstić information content (AvgIpc) is 2.10. The highest BCUT2D eigenvalue weighted by Crippen LogP contribution is 2.03. The van der Waals surface area contributed by atoms with Crippen molar-refractivity contribution < 1.29 is 0 Å². The lowest BCUT2D eigenvalue weighted by atomic mass is 10.4. The minimum atomic E-state index is -0.163. The van der Waals surface area contributed by atoms with E-state index in [1.165, 1.54) is 0 Å². The molecule has 0 amide bonds. The molecule has 0 aliphatic carbocycles. The summed E-state index contributed by atoms with van der Waals surface area (Å²) in [6, 6.07) is 1.90. The van der Waals surface area contributed by atoms with E-state index in [0.717, 1.165) is 11.3 Å². The van der Waals surface area contributed by atoms with Crippen molar-refractivity contribution in [1.82, 2.24) is 4.98 Å². The van der Waals surface area contributed by atoms with Crippen molar-refractivity contribution in [2.45, 2.75) is 6.92 Å². The van der Waals surface area contributed by atoms with Crippen molar-refractivity contribution >= 4 is 11.3 Å². The van der Waals surface area contributed by atoms with Gasteiger partial charge in [-0.2, -0.15) is 5.26 Å². The van der Waals surface area contributed by atoms with Crippen molar-refractivity contribution in [3.8, 4) is 6.07 Å². The molecule has 1 aromatic heterocycles. The van der Waals surface area contributed by atoms with Gasteiger partial charge in [0.1, 0.15) is 10.9 Å². The molecule has 0 aliphatic heterocycles. The number of nitriles is 1. The van der Waals surface area contributed by atoms with Crippen LogP contribution in [0.15, 0.2) is 4.79 Å². The largest absolute Gasteiger partial charge is 0.315 e. The summed E-state index contributed by atoms with van der Waals surface area (Å²) in [6.45, 7) is 1.70. The van der Waals surface area contributed by atoms with Crippen molar-refractivity contribution in [2.75, 3.05) is 0 Å². The second-order valence-electron chi connectivity index (χ2n) is 1.58. The summed E-state index contributed by atoms with van der Waals surface area (Å²) < 4.78 is 0. The van der Waals surface area contributed by atoms with E-state index < -0.39 is 0 Å². The van der Waals surface area contributed by atoms with Crippen LogP contribution in [0.3, 0.4) is 0 Å². The van der Waals surface area contributed by atoms with Crippen LogP contribution in [0.4, 0.5) is 0 Å². The Morgan fingerprint density at radius 2 is 2.44 bits per heavy atom. The monoisotopic (exact) mass is 140 g/mol. The van der Waals surface area contributed by atoms with E-state index in [9.17, 15) is 4.79 Å². The first-order chi connectivity index (χ1) is 4.24. The zero-order valence-electron chi connectivity index (χ0n) is 4.76. The van der Waals surface area contributed by atoms with Gasteiger partial charge in [-0.3, -0.25) is 4.79 Å². The first-order valence-corrected chi connectivity index (χ1v) is 3.15. The molecule has 1 N–H and O–H groups in total. The van der Waals surface area contributed by atoms with Crippen LogP contribution in [0.2, 0.25) is 0 Å². The van der Waals surface area contributed by atoms with E-state index >= 15 is 0 Å². The average molecular weight is 140 g/mol. The quantitative estimate of drug-likeness (QED) is 0.574. The van der Waals surface area contributed by atoms with Crippen LogP contribution >= 0.6 is 11.3 Å². The fraction of sp³-hybridized carbons (Fsp3) is 0.200. The Hall–Kier alpha value is -1.08. The smallest absolute Gasteiger partial charge is 0.305 e. The van der Waals surface area contributed by atoms with E-state index in [0.29, 0.717) is 10.6 Å². The topological polar surface area (TPSA) is 56.6 Å². The molecule has 0 fully saturated rings. The van der Waals surface area contributed by atoms with Gasteiger partial charge in [0.05, 0.1) is 0 Å². The number of nitrogens with one attached hydrogen (secondary N) is 1. The molecule has 0 spiro atoms. The van der Waals surface area contributed by atoms with Gasteiger partial charge >= 0.3 is 4.87 Å². The maximum Gasteiger partial charge on any atom is 0.305 e. The first-order valence-electron chi connectivity index (χ1n) is 2.34. The van der Waals surface area contributed by atoms with Gasteiger partial charge in [0.2, 0.25) is 0 Å². The zero-order chi connectivity index (χ0) is 6.85. The molecule has 0 atom stereocenters. The van der Waals surface area contributed by atoms with Crippen LogP contribution in [0.1, 0.15) is 10.6 Å². The van der Waals surface area contributed by atoms with Gasteiger partial charge in [-0.1, -0.05) is 11.3 Å². The maximum absolute atomic E-state index is 10.5. The van der Waals surface area contributed by atoms with E-state index in [1.54, 1.807) is 6.92 Å². The Bertz CT molecular complexity index is 303. The molecule has 9 heavy (non-hydrogen) atoms. The standard InChI is InChI=1S/C5H4N2OS/c1-3-4(2-6)9-5(8)7-3/h1H3,(H,7,8). The fourth-order valence-corrected chi connectivity index (χ4v) is 1.15. The summed E-state index contributed by atoms with van der Waals surface area (Å²) in [7, 11) is 0. The molecule has 0 aliphatic rings. The molecular weight excluding hydrogens is 136 g/mol. The third kappa shape index (κ3) is 1.00. The van der Waals surface area contributed by atoms with Crippen LogP contribution < -0.4 is 4.87 Å². The maximum atomic E-state index is 10.5. The van der Waals surface area contributed by atoms with Crippen molar-refractivity contribution in [1.29, 1.82) is 5.26 Å². The van der Waals surface area contributed by atoms with Crippen molar-refractivity contribution in [2.24, 2.45) is 0 Å². The van der Waals surface area contributed by atoms with Crippen molar-refractivity contribution in [3.05, 3.63) is 20.2 Å². The fourth-order valence-electron chi connectivity index (χ4n) is 0.511. The Morgan fingerprint density at radius 3 is 2.67 bits per heavy atom. The highest BCUT2D eigenvalue weighted by Gasteiger charge is 1.99. The second kappa shape index (κ2) is 2.03. The predicted molar refractivity (Wildman–Crippen MR) is 34.4 cm³/mol. The molecule has 1 heterocycles. The third-order valence-electron chi connectivity index (χ3n) is 0.926. The molecule has 0 unspecified atom stereocenters. The Morgan fingerprint density at radius 1 is 1.78 bits per heavy atom. The SMILES string of the molecule is Cc1[nH]c(=O)sc1C#N. The van der Waals surface area contributed by atoms with Gasteiger partial charge in [-0.05, 0) is 6.92 Å². The number of hydrogen-bond donors (Lipinski definition) is 1.